The monoisotopic (exact) mass is 319 g/mol. The minimum absolute atomic E-state index is 0.680. The van der Waals surface area contributed by atoms with Crippen molar-refractivity contribution in [2.24, 2.45) is 0 Å². The maximum Gasteiger partial charge on any atom is 0.232 e. The molecule has 3 rings (SSSR count). The molecular weight excluding hydrogens is 296 g/mol. The molecule has 1 heterocycles. The third kappa shape index (κ3) is 3.12. The van der Waals surface area contributed by atoms with Crippen LogP contribution in [-0.4, -0.2) is 26.3 Å². The first-order valence-corrected chi connectivity index (χ1v) is 8.41. The van der Waals surface area contributed by atoms with Gasteiger partial charge in [-0.05, 0) is 18.6 Å². The molecule has 0 bridgehead atoms. The maximum absolute atomic E-state index is 10.3. The summed E-state index contributed by atoms with van der Waals surface area (Å²) in [6.07, 6.45) is 2.14. The number of quaternary nitrogens is 1. The topological polar surface area (TPSA) is 37.5 Å². The molecule has 2 aromatic carbocycles. The van der Waals surface area contributed by atoms with E-state index in [0.29, 0.717) is 13.2 Å². The van der Waals surface area contributed by atoms with E-state index in [4.69, 9.17) is 4.74 Å². The molecule has 0 aromatic heterocycles. The highest BCUT2D eigenvalue weighted by Crippen LogP contribution is 2.27. The second-order valence-electron chi connectivity index (χ2n) is 6.18. The maximum atomic E-state index is 10.3. The Morgan fingerprint density at radius 3 is 2.21 bits per heavy atom. The van der Waals surface area contributed by atoms with Gasteiger partial charge < -0.3 is 9.64 Å². The van der Waals surface area contributed by atoms with Crippen molar-refractivity contribution in [3.8, 4) is 6.07 Å². The Kier molecular flexibility index (Phi) is 5.10. The Balaban J connectivity index is 2.10. The molecule has 0 spiro atoms. The van der Waals surface area contributed by atoms with Crippen LogP contribution in [0.5, 0.6) is 0 Å². The Labute approximate surface area is 143 Å². The van der Waals surface area contributed by atoms with E-state index in [-0.39, 0.29) is 0 Å². The first-order chi connectivity index (χ1) is 11.8. The summed E-state index contributed by atoms with van der Waals surface area (Å²) < 4.78 is 5.52. The number of nitriles is 1. The third-order valence-corrected chi connectivity index (χ3v) is 4.78. The third-order valence-electron chi connectivity index (χ3n) is 4.78. The number of nitrogens with zero attached hydrogens (tertiary/aromatic N) is 1. The van der Waals surface area contributed by atoms with E-state index in [2.05, 4.69) is 43.3 Å². The molecule has 1 aliphatic heterocycles. The Bertz CT molecular complexity index is 727. The van der Waals surface area contributed by atoms with Gasteiger partial charge in [0.2, 0.25) is 5.54 Å². The van der Waals surface area contributed by atoms with Gasteiger partial charge in [0.05, 0.1) is 13.2 Å². The lowest BCUT2D eigenvalue weighted by atomic mass is 9.81. The van der Waals surface area contributed by atoms with Crippen molar-refractivity contribution in [3.63, 3.8) is 0 Å². The molecule has 122 valence electrons. The fourth-order valence-electron chi connectivity index (χ4n) is 3.53. The molecule has 1 fully saturated rings. The molecule has 0 amide bonds. The van der Waals surface area contributed by atoms with Crippen LogP contribution in [0.15, 0.2) is 66.2 Å². The summed E-state index contributed by atoms with van der Waals surface area (Å²) >= 11 is 0. The van der Waals surface area contributed by atoms with Gasteiger partial charge in [0.25, 0.3) is 0 Å². The standard InChI is InChI=1S/C21H22N2O/c1-18(16-19-8-4-2-5-9-19)21(17-22,20-10-6-3-7-11-20)23-12-14-24-15-13-23/h2-11,16H,12-15H2,1H3/p+1/b18-16+/t21-/m0/s1. The minimum Gasteiger partial charge on any atom is -0.370 e. The zero-order chi connectivity index (χ0) is 16.8. The van der Waals surface area contributed by atoms with Crippen molar-refractivity contribution in [2.45, 2.75) is 12.5 Å². The van der Waals surface area contributed by atoms with Crippen LogP contribution >= 0.6 is 0 Å². The first kappa shape index (κ1) is 16.4. The molecule has 1 saturated heterocycles. The van der Waals surface area contributed by atoms with E-state index in [1.54, 1.807) is 0 Å². The normalized spacial score (nSPS) is 18.6. The first-order valence-electron chi connectivity index (χ1n) is 8.41. The summed E-state index contributed by atoms with van der Waals surface area (Å²) in [5.41, 5.74) is 2.56. The lowest BCUT2D eigenvalue weighted by Crippen LogP contribution is -3.20. The van der Waals surface area contributed by atoms with Crippen LogP contribution in [0.3, 0.4) is 0 Å². The highest BCUT2D eigenvalue weighted by Gasteiger charge is 2.45. The number of rotatable bonds is 4. The van der Waals surface area contributed by atoms with Crippen LogP contribution in [0.2, 0.25) is 0 Å². The van der Waals surface area contributed by atoms with Crippen LogP contribution in [0.4, 0.5) is 0 Å². The summed E-state index contributed by atoms with van der Waals surface area (Å²) in [4.78, 5) is 1.26. The molecule has 1 atom stereocenters. The minimum atomic E-state index is -0.680. The molecule has 0 aliphatic carbocycles. The number of benzene rings is 2. The van der Waals surface area contributed by atoms with Gasteiger partial charge in [-0.1, -0.05) is 60.7 Å². The van der Waals surface area contributed by atoms with Crippen molar-refractivity contribution in [2.75, 3.05) is 26.3 Å². The molecule has 3 heteroatoms. The average Bonchev–Trinajstić information content (AvgIpc) is 2.65. The highest BCUT2D eigenvalue weighted by atomic mass is 16.5. The number of ether oxygens (including phenoxy) is 1. The van der Waals surface area contributed by atoms with Gasteiger partial charge >= 0.3 is 0 Å². The van der Waals surface area contributed by atoms with Gasteiger partial charge in [-0.3, -0.25) is 0 Å². The molecule has 0 unspecified atom stereocenters. The smallest absolute Gasteiger partial charge is 0.232 e. The van der Waals surface area contributed by atoms with Crippen LogP contribution in [-0.2, 0) is 10.3 Å². The van der Waals surface area contributed by atoms with Crippen molar-refractivity contribution in [3.05, 3.63) is 77.4 Å². The number of nitrogens with one attached hydrogen (secondary N) is 1. The molecular formula is C21H23N2O+. The van der Waals surface area contributed by atoms with E-state index in [1.807, 2.05) is 36.4 Å². The summed E-state index contributed by atoms with van der Waals surface area (Å²) in [7, 11) is 0. The quantitative estimate of drug-likeness (QED) is 0.940. The van der Waals surface area contributed by atoms with Gasteiger partial charge in [-0.2, -0.15) is 5.26 Å². The summed E-state index contributed by atoms with van der Waals surface area (Å²) in [5, 5.41) is 10.3. The number of morpholine rings is 1. The van der Waals surface area contributed by atoms with Crippen molar-refractivity contribution in [1.82, 2.24) is 0 Å². The SMILES string of the molecule is C/C(=C\c1ccccc1)[C@@](C#N)(c1ccccc1)[NH+]1CCOCC1. The summed E-state index contributed by atoms with van der Waals surface area (Å²) in [6.45, 7) is 5.14. The zero-order valence-electron chi connectivity index (χ0n) is 14.0. The van der Waals surface area contributed by atoms with E-state index in [9.17, 15) is 5.26 Å². The Hall–Kier alpha value is -2.41. The van der Waals surface area contributed by atoms with E-state index in [1.165, 1.54) is 4.90 Å². The van der Waals surface area contributed by atoms with Crippen LogP contribution in [0.25, 0.3) is 6.08 Å². The highest BCUT2D eigenvalue weighted by molar-refractivity contribution is 5.57. The molecule has 24 heavy (non-hydrogen) atoms. The second kappa shape index (κ2) is 7.44. The van der Waals surface area contributed by atoms with Gasteiger partial charge in [-0.15, -0.1) is 0 Å². The summed E-state index contributed by atoms with van der Waals surface area (Å²) in [5.74, 6) is 0. The van der Waals surface area contributed by atoms with Crippen LogP contribution in [0.1, 0.15) is 18.1 Å². The lowest BCUT2D eigenvalue weighted by Gasteiger charge is -2.38. The molecule has 1 N–H and O–H groups in total. The lowest BCUT2D eigenvalue weighted by molar-refractivity contribution is -0.952. The molecule has 3 nitrogen and oxygen atoms in total. The summed E-state index contributed by atoms with van der Waals surface area (Å²) in [6, 6.07) is 23.0. The zero-order valence-corrected chi connectivity index (χ0v) is 14.0. The van der Waals surface area contributed by atoms with Gasteiger partial charge in [0.15, 0.2) is 0 Å². The fraction of sp³-hybridized carbons (Fsp3) is 0.286. The van der Waals surface area contributed by atoms with E-state index in [0.717, 1.165) is 29.8 Å². The molecule has 1 aliphatic rings. The average molecular weight is 319 g/mol. The number of hydrogen-bond acceptors (Lipinski definition) is 2. The van der Waals surface area contributed by atoms with Crippen LogP contribution in [0, 0.1) is 11.3 Å². The molecule has 0 saturated carbocycles. The van der Waals surface area contributed by atoms with Gasteiger partial charge in [0.1, 0.15) is 19.2 Å². The van der Waals surface area contributed by atoms with Gasteiger partial charge in [-0.25, -0.2) is 0 Å². The van der Waals surface area contributed by atoms with E-state index >= 15 is 0 Å². The van der Waals surface area contributed by atoms with Crippen molar-refractivity contribution >= 4 is 6.08 Å². The molecule has 0 radical (unpaired) electrons. The van der Waals surface area contributed by atoms with Crippen molar-refractivity contribution < 1.29 is 9.64 Å². The van der Waals surface area contributed by atoms with Crippen molar-refractivity contribution in [1.29, 1.82) is 5.26 Å². The molecule has 2 aromatic rings. The van der Waals surface area contributed by atoms with E-state index < -0.39 is 5.54 Å². The van der Waals surface area contributed by atoms with Crippen LogP contribution < -0.4 is 4.90 Å². The van der Waals surface area contributed by atoms with Gasteiger partial charge in [0, 0.05) is 11.1 Å². The second-order valence-corrected chi connectivity index (χ2v) is 6.18. The fourth-order valence-corrected chi connectivity index (χ4v) is 3.53. The largest absolute Gasteiger partial charge is 0.370 e. The predicted molar refractivity (Wildman–Crippen MR) is 95.3 cm³/mol. The predicted octanol–water partition coefficient (Wildman–Crippen LogP) is 2.42. The number of hydrogen-bond donors (Lipinski definition) is 1. The Morgan fingerprint density at radius 1 is 1.04 bits per heavy atom. The Morgan fingerprint density at radius 2 is 1.62 bits per heavy atom.